The van der Waals surface area contributed by atoms with E-state index in [-0.39, 0.29) is 41.5 Å². The maximum atomic E-state index is 13.3. The molecule has 5 heterocycles. The zero-order valence-electron chi connectivity index (χ0n) is 27.8. The summed E-state index contributed by atoms with van der Waals surface area (Å²) in [5.41, 5.74) is 10.9. The molecule has 5 rings (SSSR count). The topological polar surface area (TPSA) is 338 Å². The fourth-order valence-corrected chi connectivity index (χ4v) is 6.79. The highest BCUT2D eigenvalue weighted by molar-refractivity contribution is 7.47. The summed E-state index contributed by atoms with van der Waals surface area (Å²) in [6, 6.07) is 1.28. The normalized spacial score (nSPS) is 25.6. The molecule has 2 fully saturated rings. The third-order valence-corrected chi connectivity index (χ3v) is 9.51. The van der Waals surface area contributed by atoms with Gasteiger partial charge in [-0.1, -0.05) is 6.08 Å². The average Bonchev–Trinajstić information content (AvgIpc) is 3.77. The van der Waals surface area contributed by atoms with E-state index in [1.165, 1.54) is 36.3 Å². The SMILES string of the molecule is C=CCCC(=O)N(C)CC(=O)O[C@H]1[C@@H](O)[C@H](n2cnc3c(N)ncnc32)O[C@@H]1COP(=O)(O)O[C@H]1C[C@H](n2ccc(N)nc2=O)O[C@@H]1COP(=O)(O)O. The largest absolute Gasteiger partial charge is 0.472 e. The number of phosphoric ester groups is 2. The molecule has 8 atom stereocenters. The van der Waals surface area contributed by atoms with Crippen LogP contribution in [0, 0.1) is 0 Å². The molecule has 0 bridgehead atoms. The summed E-state index contributed by atoms with van der Waals surface area (Å²) in [6.07, 6.45) is -4.85. The summed E-state index contributed by atoms with van der Waals surface area (Å²) < 4.78 is 59.1. The molecule has 2 aliphatic heterocycles. The maximum absolute atomic E-state index is 13.3. The Labute approximate surface area is 299 Å². The second-order valence-electron chi connectivity index (χ2n) is 11.8. The Morgan fingerprint density at radius 2 is 1.85 bits per heavy atom. The molecule has 26 heteroatoms. The molecule has 0 aliphatic carbocycles. The number of esters is 1. The lowest BCUT2D eigenvalue weighted by Crippen LogP contribution is -2.41. The molecule has 3 aromatic heterocycles. The molecule has 0 spiro atoms. The second kappa shape index (κ2) is 16.4. The number of aliphatic hydroxyl groups is 1. The summed E-state index contributed by atoms with van der Waals surface area (Å²) in [7, 11) is -8.83. The van der Waals surface area contributed by atoms with Crippen molar-refractivity contribution < 1.29 is 66.3 Å². The highest BCUT2D eigenvalue weighted by Crippen LogP contribution is 2.50. The van der Waals surface area contributed by atoms with Crippen LogP contribution in [-0.4, -0.2) is 123 Å². The van der Waals surface area contributed by atoms with E-state index in [1.54, 1.807) is 0 Å². The smallest absolute Gasteiger partial charge is 0.455 e. The van der Waals surface area contributed by atoms with Gasteiger partial charge >= 0.3 is 27.3 Å². The number of nitrogens with zero attached hydrogens (tertiary/aromatic N) is 7. The van der Waals surface area contributed by atoms with E-state index < -0.39 is 90.0 Å². The van der Waals surface area contributed by atoms with Gasteiger partial charge in [0.2, 0.25) is 5.91 Å². The van der Waals surface area contributed by atoms with Gasteiger partial charge in [0.05, 0.1) is 19.5 Å². The monoisotopic (exact) mass is 789 g/mol. The van der Waals surface area contributed by atoms with Crippen LogP contribution in [0.2, 0.25) is 0 Å². The van der Waals surface area contributed by atoms with Gasteiger partial charge in [-0.2, -0.15) is 4.98 Å². The zero-order chi connectivity index (χ0) is 38.7. The fourth-order valence-electron chi connectivity index (χ4n) is 5.49. The Kier molecular flexibility index (Phi) is 12.4. The Bertz CT molecular complexity index is 1970. The Morgan fingerprint density at radius 3 is 2.55 bits per heavy atom. The van der Waals surface area contributed by atoms with E-state index in [9.17, 15) is 43.3 Å². The molecule has 290 valence electrons. The molecule has 2 aliphatic rings. The molecule has 8 N–H and O–H groups in total. The van der Waals surface area contributed by atoms with E-state index in [0.29, 0.717) is 6.42 Å². The van der Waals surface area contributed by atoms with E-state index in [0.717, 1.165) is 15.8 Å². The fraction of sp³-hybridized carbons (Fsp3) is 0.519. The quantitative estimate of drug-likeness (QED) is 0.0560. The number of likely N-dealkylation sites (N-methyl/N-ethyl adjacent to an activating group) is 1. The van der Waals surface area contributed by atoms with Crippen molar-refractivity contribution in [2.45, 2.75) is 62.2 Å². The minimum atomic E-state index is -5.16. The first-order valence-corrected chi connectivity index (χ1v) is 18.7. The maximum Gasteiger partial charge on any atom is 0.472 e. The number of imidazole rings is 1. The summed E-state index contributed by atoms with van der Waals surface area (Å²) in [5.74, 6) is -1.42. The molecule has 0 saturated carbocycles. The molecule has 1 unspecified atom stereocenters. The first-order valence-electron chi connectivity index (χ1n) is 15.6. The molecule has 0 radical (unpaired) electrons. The van der Waals surface area contributed by atoms with Gasteiger partial charge in [0.15, 0.2) is 23.8 Å². The number of nitrogen functional groups attached to an aromatic ring is 2. The van der Waals surface area contributed by atoms with Gasteiger partial charge in [-0.05, 0) is 12.5 Å². The van der Waals surface area contributed by atoms with E-state index in [4.69, 9.17) is 34.7 Å². The number of hydrogen-bond acceptors (Lipinski definition) is 18. The summed E-state index contributed by atoms with van der Waals surface area (Å²) in [6.45, 7) is 1.35. The molecule has 3 aromatic rings. The van der Waals surface area contributed by atoms with Crippen LogP contribution in [0.1, 0.15) is 31.7 Å². The van der Waals surface area contributed by atoms with Crippen molar-refractivity contribution >= 4 is 50.3 Å². The molecule has 2 saturated heterocycles. The number of amides is 1. The lowest BCUT2D eigenvalue weighted by molar-refractivity contribution is -0.159. The number of phosphoric acid groups is 2. The lowest BCUT2D eigenvalue weighted by Gasteiger charge is -2.24. The van der Waals surface area contributed by atoms with Crippen molar-refractivity contribution in [3.8, 4) is 0 Å². The number of carbonyl (C=O) groups is 2. The first-order chi connectivity index (χ1) is 25.0. The number of anilines is 2. The van der Waals surface area contributed by atoms with E-state index in [2.05, 4.69) is 31.0 Å². The van der Waals surface area contributed by atoms with E-state index >= 15 is 0 Å². The van der Waals surface area contributed by atoms with Crippen LogP contribution in [0.4, 0.5) is 11.6 Å². The zero-order valence-corrected chi connectivity index (χ0v) is 29.6. The van der Waals surface area contributed by atoms with Crippen molar-refractivity contribution in [1.82, 2.24) is 34.0 Å². The predicted octanol–water partition coefficient (Wildman–Crippen LogP) is -1.26. The molecule has 24 nitrogen and oxygen atoms in total. The molecular formula is C27H37N9O15P2. The van der Waals surface area contributed by atoms with Crippen molar-refractivity contribution in [3.05, 3.63) is 48.1 Å². The second-order valence-corrected chi connectivity index (χ2v) is 14.4. The van der Waals surface area contributed by atoms with Crippen LogP contribution in [0.3, 0.4) is 0 Å². The minimum absolute atomic E-state index is 0.0202. The van der Waals surface area contributed by atoms with Crippen molar-refractivity contribution in [1.29, 1.82) is 0 Å². The van der Waals surface area contributed by atoms with Gasteiger partial charge in [0.25, 0.3) is 0 Å². The lowest BCUT2D eigenvalue weighted by atomic mass is 10.1. The Hall–Kier alpha value is -4.19. The summed E-state index contributed by atoms with van der Waals surface area (Å²) >= 11 is 0. The number of aromatic nitrogens is 6. The Morgan fingerprint density at radius 1 is 1.11 bits per heavy atom. The van der Waals surface area contributed by atoms with Crippen LogP contribution in [0.15, 0.2) is 42.4 Å². The van der Waals surface area contributed by atoms with E-state index in [1.807, 2.05) is 0 Å². The molecule has 0 aromatic carbocycles. The van der Waals surface area contributed by atoms with Gasteiger partial charge in [0, 0.05) is 26.1 Å². The number of ether oxygens (including phenoxy) is 3. The third-order valence-electron chi connectivity index (χ3n) is 8.01. The predicted molar refractivity (Wildman–Crippen MR) is 177 cm³/mol. The number of allylic oxidation sites excluding steroid dienone is 1. The molecule has 1 amide bonds. The van der Waals surface area contributed by atoms with Crippen LogP contribution in [0.5, 0.6) is 0 Å². The van der Waals surface area contributed by atoms with Gasteiger partial charge in [-0.15, -0.1) is 6.58 Å². The van der Waals surface area contributed by atoms with Crippen LogP contribution in [-0.2, 0) is 46.5 Å². The molecule has 53 heavy (non-hydrogen) atoms. The summed E-state index contributed by atoms with van der Waals surface area (Å²) in [5, 5.41) is 11.4. The number of aliphatic hydroxyl groups excluding tert-OH is 1. The number of fused-ring (bicyclic) bond motifs is 1. The molecular weight excluding hydrogens is 752 g/mol. The van der Waals surface area contributed by atoms with Gasteiger partial charge in [0.1, 0.15) is 54.9 Å². The highest BCUT2D eigenvalue weighted by Gasteiger charge is 2.50. The number of hydrogen-bond donors (Lipinski definition) is 6. The van der Waals surface area contributed by atoms with Crippen molar-refractivity contribution in [2.75, 3.05) is 38.3 Å². The van der Waals surface area contributed by atoms with Crippen LogP contribution >= 0.6 is 15.6 Å². The number of carbonyl (C=O) groups excluding carboxylic acids is 2. The first kappa shape index (κ1) is 40.0. The minimum Gasteiger partial charge on any atom is -0.455 e. The third kappa shape index (κ3) is 9.87. The van der Waals surface area contributed by atoms with Crippen LogP contribution in [0.25, 0.3) is 11.2 Å². The van der Waals surface area contributed by atoms with Gasteiger partial charge < -0.3 is 50.4 Å². The van der Waals surface area contributed by atoms with Crippen molar-refractivity contribution in [3.63, 3.8) is 0 Å². The average molecular weight is 790 g/mol. The Balaban J connectivity index is 1.33. The number of nitrogens with two attached hydrogens (primary N) is 2. The standard InChI is InChI=1S/C27H37N9O15P2/c1-3-4-5-18(37)34(2)9-20(38)50-23-16(49-26(22(23)39)36-13-32-21-24(29)30-12-31-25(21)36)11-47-53(44,45)51-14-8-19(35-7-6-17(28)33-27(35)40)48-15(14)10-46-52(41,42)43/h3,6-7,12-16,19,22-23,26,39H,1,4-5,8-11H2,2H3,(H,44,45)(H2,28,33,40)(H2,29,30,31)(H2,41,42,43)/t14-,15+,16+,19+,22+,23+,26+/m0/s1. The van der Waals surface area contributed by atoms with Crippen LogP contribution < -0.4 is 17.2 Å². The summed E-state index contributed by atoms with van der Waals surface area (Å²) in [4.78, 5) is 83.7. The van der Waals surface area contributed by atoms with Gasteiger partial charge in [-0.25, -0.2) is 28.9 Å². The highest BCUT2D eigenvalue weighted by atomic mass is 31.2. The van der Waals surface area contributed by atoms with Crippen molar-refractivity contribution in [2.24, 2.45) is 0 Å². The van der Waals surface area contributed by atoms with Gasteiger partial charge in [-0.3, -0.25) is 32.3 Å². The number of rotatable bonds is 16.